The Kier molecular flexibility index (Phi) is 5.33. The molecule has 0 spiro atoms. The monoisotopic (exact) mass is 441 g/mol. The molecule has 1 amide bonds. The molecule has 5 rings (SSSR count). The Labute approximate surface area is 190 Å². The minimum Gasteiger partial charge on any atom is -0.384 e. The molecule has 5 nitrogen and oxygen atoms in total. The zero-order valence-corrected chi connectivity index (χ0v) is 18.4. The van der Waals surface area contributed by atoms with Gasteiger partial charge in [0.05, 0.1) is 5.41 Å². The molecule has 2 N–H and O–H groups in total. The maximum absolute atomic E-state index is 13.5. The van der Waals surface area contributed by atoms with Gasteiger partial charge < -0.3 is 10.4 Å². The van der Waals surface area contributed by atoms with Crippen molar-refractivity contribution in [2.75, 3.05) is 5.32 Å². The minimum atomic E-state index is -0.722. The third-order valence-electron chi connectivity index (χ3n) is 6.34. The molecule has 0 saturated heterocycles. The Morgan fingerprint density at radius 3 is 2.47 bits per heavy atom. The van der Waals surface area contributed by atoms with Crippen LogP contribution in [-0.2, 0) is 11.2 Å². The summed E-state index contributed by atoms with van der Waals surface area (Å²) in [5, 5.41) is 22.3. The molecule has 1 heterocycles. The van der Waals surface area contributed by atoms with Gasteiger partial charge in [-0.25, -0.2) is 0 Å². The van der Waals surface area contributed by atoms with Gasteiger partial charge >= 0.3 is 0 Å². The van der Waals surface area contributed by atoms with E-state index in [1.807, 2.05) is 61.5 Å². The van der Waals surface area contributed by atoms with Crippen LogP contribution in [0.2, 0.25) is 0 Å². The molecule has 32 heavy (non-hydrogen) atoms. The zero-order chi connectivity index (χ0) is 22.1. The van der Waals surface area contributed by atoms with Crippen LogP contribution in [0.4, 0.5) is 5.13 Å². The average Bonchev–Trinajstić information content (AvgIpc) is 3.44. The lowest BCUT2D eigenvalue weighted by molar-refractivity contribution is -0.125. The van der Waals surface area contributed by atoms with Crippen molar-refractivity contribution < 1.29 is 9.90 Å². The lowest BCUT2D eigenvalue weighted by Crippen LogP contribution is -2.37. The fraction of sp³-hybridized carbons (Fsp3) is 0.192. The van der Waals surface area contributed by atoms with Crippen molar-refractivity contribution in [1.29, 1.82) is 0 Å². The maximum atomic E-state index is 13.5. The lowest BCUT2D eigenvalue weighted by atomic mass is 9.73. The van der Waals surface area contributed by atoms with Crippen molar-refractivity contribution in [3.8, 4) is 0 Å². The number of aliphatic hydroxyl groups is 1. The zero-order valence-electron chi connectivity index (χ0n) is 17.6. The number of nitrogens with one attached hydrogen (secondary N) is 1. The van der Waals surface area contributed by atoms with Crippen LogP contribution in [0.25, 0.3) is 0 Å². The van der Waals surface area contributed by atoms with Crippen LogP contribution in [0.1, 0.15) is 46.8 Å². The Morgan fingerprint density at radius 2 is 1.78 bits per heavy atom. The second kappa shape index (κ2) is 8.30. The molecule has 160 valence electrons. The van der Waals surface area contributed by atoms with Crippen LogP contribution in [0.15, 0.2) is 84.4 Å². The van der Waals surface area contributed by atoms with Crippen LogP contribution in [-0.4, -0.2) is 21.2 Å². The fourth-order valence-electron chi connectivity index (χ4n) is 4.75. The average molecular weight is 442 g/mol. The Balaban J connectivity index is 1.57. The molecule has 0 fully saturated rings. The summed E-state index contributed by atoms with van der Waals surface area (Å²) >= 11 is 1.31. The molecule has 0 saturated carbocycles. The molecule has 1 aliphatic rings. The summed E-state index contributed by atoms with van der Waals surface area (Å²) in [7, 11) is 0. The van der Waals surface area contributed by atoms with E-state index in [-0.39, 0.29) is 11.8 Å². The molecule has 3 atom stereocenters. The molecule has 1 unspecified atom stereocenters. The van der Waals surface area contributed by atoms with Gasteiger partial charge in [0.15, 0.2) is 0 Å². The summed E-state index contributed by atoms with van der Waals surface area (Å²) in [6, 6.07) is 25.8. The number of aromatic nitrogens is 2. The van der Waals surface area contributed by atoms with Gasteiger partial charge in [-0.2, -0.15) is 0 Å². The van der Waals surface area contributed by atoms with Crippen molar-refractivity contribution in [3.63, 3.8) is 0 Å². The number of carbonyl (C=O) groups is 1. The Bertz CT molecular complexity index is 1230. The van der Waals surface area contributed by atoms with Gasteiger partial charge in [-0.05, 0) is 41.2 Å². The minimum absolute atomic E-state index is 0.0792. The van der Waals surface area contributed by atoms with E-state index in [9.17, 15) is 9.90 Å². The first-order valence-corrected chi connectivity index (χ1v) is 11.4. The van der Waals surface area contributed by atoms with E-state index in [4.69, 9.17) is 0 Å². The van der Waals surface area contributed by atoms with E-state index in [0.717, 1.165) is 27.8 Å². The topological polar surface area (TPSA) is 75.1 Å². The molecule has 0 radical (unpaired) electrons. The number of benzene rings is 3. The summed E-state index contributed by atoms with van der Waals surface area (Å²) in [5.41, 5.74) is 5.85. The first-order valence-electron chi connectivity index (χ1n) is 10.5. The SMILES string of the molecule is C[C@]1(C(=O)Nc2nncs2)Cc2ccc(C(O)c3ccccc3)cc2[C@H]1c1ccccc1. The lowest BCUT2D eigenvalue weighted by Gasteiger charge is -2.31. The Morgan fingerprint density at radius 1 is 1.06 bits per heavy atom. The van der Waals surface area contributed by atoms with E-state index < -0.39 is 11.5 Å². The highest BCUT2D eigenvalue weighted by molar-refractivity contribution is 7.13. The number of fused-ring (bicyclic) bond motifs is 1. The number of amides is 1. The number of nitrogens with zero attached hydrogens (tertiary/aromatic N) is 2. The van der Waals surface area contributed by atoms with Gasteiger partial charge in [-0.3, -0.25) is 4.79 Å². The third kappa shape index (κ3) is 3.61. The first kappa shape index (κ1) is 20.5. The largest absolute Gasteiger partial charge is 0.384 e. The van der Waals surface area contributed by atoms with Crippen LogP contribution in [0, 0.1) is 5.41 Å². The quantitative estimate of drug-likeness (QED) is 0.459. The van der Waals surface area contributed by atoms with Crippen molar-refractivity contribution in [2.45, 2.75) is 25.4 Å². The molecule has 6 heteroatoms. The summed E-state index contributed by atoms with van der Waals surface area (Å²) in [4.78, 5) is 13.5. The van der Waals surface area contributed by atoms with Crippen molar-refractivity contribution in [1.82, 2.24) is 10.2 Å². The molecule has 1 aromatic heterocycles. The summed E-state index contributed by atoms with van der Waals surface area (Å²) < 4.78 is 0. The summed E-state index contributed by atoms with van der Waals surface area (Å²) in [6.45, 7) is 2.01. The number of aliphatic hydroxyl groups excluding tert-OH is 1. The first-order chi connectivity index (χ1) is 15.6. The number of hydrogen-bond donors (Lipinski definition) is 2. The number of carbonyl (C=O) groups excluding carboxylic acids is 1. The van der Waals surface area contributed by atoms with E-state index in [1.54, 1.807) is 5.51 Å². The van der Waals surface area contributed by atoms with E-state index in [2.05, 4.69) is 39.8 Å². The van der Waals surface area contributed by atoms with Crippen molar-refractivity contribution in [2.24, 2.45) is 5.41 Å². The molecule has 3 aromatic carbocycles. The fourth-order valence-corrected chi connectivity index (χ4v) is 5.19. The van der Waals surface area contributed by atoms with Crippen LogP contribution in [0.5, 0.6) is 0 Å². The number of anilines is 1. The van der Waals surface area contributed by atoms with Gasteiger partial charge in [0.25, 0.3) is 0 Å². The van der Waals surface area contributed by atoms with Crippen molar-refractivity contribution in [3.05, 3.63) is 112 Å². The predicted octanol–water partition coefficient (Wildman–Crippen LogP) is 4.95. The van der Waals surface area contributed by atoms with Gasteiger partial charge in [0.2, 0.25) is 11.0 Å². The third-order valence-corrected chi connectivity index (χ3v) is 6.95. The second-order valence-corrected chi connectivity index (χ2v) is 9.24. The van der Waals surface area contributed by atoms with E-state index in [1.165, 1.54) is 11.3 Å². The highest BCUT2D eigenvalue weighted by Crippen LogP contribution is 2.52. The van der Waals surface area contributed by atoms with Gasteiger partial charge in [0, 0.05) is 5.92 Å². The highest BCUT2D eigenvalue weighted by Gasteiger charge is 2.49. The number of rotatable bonds is 5. The standard InChI is InChI=1S/C26H23N3O2S/c1-26(24(31)28-25-29-27-16-32-25)15-20-13-12-19(23(30)18-10-6-3-7-11-18)14-21(20)22(26)17-8-4-2-5-9-17/h2-14,16,22-23,30H,15H2,1H3,(H,28,29,31)/t22-,23?,26+/m1/s1. The molecule has 0 aliphatic heterocycles. The van der Waals surface area contributed by atoms with Crippen LogP contribution in [0.3, 0.4) is 0 Å². The Hall–Kier alpha value is -3.35. The second-order valence-electron chi connectivity index (χ2n) is 8.41. The van der Waals surface area contributed by atoms with E-state index in [0.29, 0.717) is 11.6 Å². The summed E-state index contributed by atoms with van der Waals surface area (Å²) in [6.07, 6.45) is -0.117. The smallest absolute Gasteiger partial charge is 0.233 e. The molecule has 1 aliphatic carbocycles. The molecular weight excluding hydrogens is 418 g/mol. The normalized spacial score (nSPS) is 20.5. The highest BCUT2D eigenvalue weighted by atomic mass is 32.1. The summed E-state index contributed by atoms with van der Waals surface area (Å²) in [5.74, 6) is -0.223. The molecule has 4 aromatic rings. The number of hydrogen-bond acceptors (Lipinski definition) is 5. The predicted molar refractivity (Wildman–Crippen MR) is 126 cm³/mol. The van der Waals surface area contributed by atoms with Crippen LogP contribution < -0.4 is 5.32 Å². The van der Waals surface area contributed by atoms with Gasteiger partial charge in [-0.15, -0.1) is 10.2 Å². The van der Waals surface area contributed by atoms with Gasteiger partial charge in [0.1, 0.15) is 11.6 Å². The van der Waals surface area contributed by atoms with Gasteiger partial charge in [-0.1, -0.05) is 90.2 Å². The van der Waals surface area contributed by atoms with Crippen molar-refractivity contribution >= 4 is 22.4 Å². The van der Waals surface area contributed by atoms with E-state index >= 15 is 0 Å². The van der Waals surface area contributed by atoms with Crippen LogP contribution >= 0.6 is 11.3 Å². The molecular formula is C26H23N3O2S. The molecule has 0 bridgehead atoms. The maximum Gasteiger partial charge on any atom is 0.233 e.